The van der Waals surface area contributed by atoms with Crippen molar-refractivity contribution in [1.82, 2.24) is 30.1 Å². The van der Waals surface area contributed by atoms with E-state index in [1.54, 1.807) is 42.1 Å². The maximum absolute atomic E-state index is 14.7. The summed E-state index contributed by atoms with van der Waals surface area (Å²) in [6, 6.07) is 10.8. The average molecular weight is 412 g/mol. The normalized spacial score (nSPS) is 11.5. The minimum absolute atomic E-state index is 0.334. The van der Waals surface area contributed by atoms with E-state index in [1.807, 2.05) is 29.0 Å². The van der Waals surface area contributed by atoms with Crippen LogP contribution in [0.25, 0.3) is 55.8 Å². The predicted octanol–water partition coefficient (Wildman–Crippen LogP) is 5.43. The van der Waals surface area contributed by atoms with Gasteiger partial charge in [0.2, 0.25) is 0 Å². The van der Waals surface area contributed by atoms with Gasteiger partial charge >= 0.3 is 0 Å². The molecule has 6 nitrogen and oxygen atoms in total. The Bertz CT molecular complexity index is 1500. The van der Waals surface area contributed by atoms with Crippen LogP contribution in [0.1, 0.15) is 0 Å². The Morgan fingerprint density at radius 1 is 0.967 bits per heavy atom. The molecule has 1 aromatic carbocycles. The van der Waals surface area contributed by atoms with Gasteiger partial charge in [-0.25, -0.2) is 9.37 Å². The van der Waals surface area contributed by atoms with Gasteiger partial charge in [0.15, 0.2) is 5.82 Å². The van der Waals surface area contributed by atoms with Crippen molar-refractivity contribution in [1.29, 1.82) is 0 Å². The van der Waals surface area contributed by atoms with Gasteiger partial charge in [-0.2, -0.15) is 16.4 Å². The van der Waals surface area contributed by atoms with Gasteiger partial charge in [0, 0.05) is 52.1 Å². The van der Waals surface area contributed by atoms with E-state index in [-0.39, 0.29) is 5.82 Å². The molecule has 0 saturated heterocycles. The molecule has 6 rings (SSSR count). The second kappa shape index (κ2) is 6.57. The fourth-order valence-electron chi connectivity index (χ4n) is 3.62. The van der Waals surface area contributed by atoms with Crippen LogP contribution in [0.2, 0.25) is 0 Å². The Balaban J connectivity index is 1.55. The van der Waals surface area contributed by atoms with Gasteiger partial charge in [-0.1, -0.05) is 6.07 Å². The van der Waals surface area contributed by atoms with Crippen molar-refractivity contribution in [2.24, 2.45) is 0 Å². The SMILES string of the molecule is Fc1cc2[nH]nc(-c3nc4c(-c5ccsc5)nccc4[nH]3)c2cc1-c1cccnc1. The minimum Gasteiger partial charge on any atom is -0.336 e. The molecule has 144 valence electrons. The lowest BCUT2D eigenvalue weighted by molar-refractivity contribution is 0.632. The summed E-state index contributed by atoms with van der Waals surface area (Å²) in [5, 5.41) is 12.2. The van der Waals surface area contributed by atoms with E-state index in [1.165, 1.54) is 6.07 Å². The van der Waals surface area contributed by atoms with Crippen LogP contribution >= 0.6 is 11.3 Å². The Kier molecular flexibility index (Phi) is 3.72. The first kappa shape index (κ1) is 17.0. The maximum Gasteiger partial charge on any atom is 0.159 e. The summed E-state index contributed by atoms with van der Waals surface area (Å²) in [5.41, 5.74) is 5.89. The van der Waals surface area contributed by atoms with Crippen LogP contribution in [0.15, 0.2) is 65.7 Å². The van der Waals surface area contributed by atoms with Crippen molar-refractivity contribution in [3.8, 4) is 33.9 Å². The van der Waals surface area contributed by atoms with Crippen molar-refractivity contribution >= 4 is 33.3 Å². The second-order valence-corrected chi connectivity index (χ2v) is 7.62. The fourth-order valence-corrected chi connectivity index (χ4v) is 4.26. The van der Waals surface area contributed by atoms with E-state index in [0.29, 0.717) is 28.2 Å². The number of nitrogens with one attached hydrogen (secondary N) is 2. The molecular weight excluding hydrogens is 399 g/mol. The van der Waals surface area contributed by atoms with E-state index in [2.05, 4.69) is 25.1 Å². The molecule has 6 aromatic rings. The highest BCUT2D eigenvalue weighted by molar-refractivity contribution is 7.08. The molecule has 0 aliphatic heterocycles. The van der Waals surface area contributed by atoms with Gasteiger partial charge in [0.25, 0.3) is 0 Å². The molecule has 0 fully saturated rings. The second-order valence-electron chi connectivity index (χ2n) is 6.84. The zero-order valence-corrected chi connectivity index (χ0v) is 16.2. The maximum atomic E-state index is 14.7. The number of halogens is 1. The van der Waals surface area contributed by atoms with Crippen LogP contribution in [0.3, 0.4) is 0 Å². The number of nitrogens with zero attached hydrogens (tertiary/aromatic N) is 4. The summed E-state index contributed by atoms with van der Waals surface area (Å²) < 4.78 is 14.7. The summed E-state index contributed by atoms with van der Waals surface area (Å²) in [5.74, 6) is 0.267. The number of pyridine rings is 2. The smallest absolute Gasteiger partial charge is 0.159 e. The largest absolute Gasteiger partial charge is 0.336 e. The highest BCUT2D eigenvalue weighted by Gasteiger charge is 2.18. The van der Waals surface area contributed by atoms with Crippen molar-refractivity contribution < 1.29 is 4.39 Å². The third kappa shape index (κ3) is 2.61. The molecule has 0 spiro atoms. The van der Waals surface area contributed by atoms with Gasteiger partial charge in [-0.15, -0.1) is 0 Å². The molecule has 5 heterocycles. The molecule has 0 aliphatic carbocycles. The van der Waals surface area contributed by atoms with E-state index >= 15 is 0 Å². The first-order chi connectivity index (χ1) is 14.8. The number of aromatic amines is 2. The van der Waals surface area contributed by atoms with E-state index < -0.39 is 0 Å². The summed E-state index contributed by atoms with van der Waals surface area (Å²) in [6.45, 7) is 0. The van der Waals surface area contributed by atoms with Crippen LogP contribution in [0, 0.1) is 5.82 Å². The quantitative estimate of drug-likeness (QED) is 0.406. The van der Waals surface area contributed by atoms with E-state index in [4.69, 9.17) is 4.98 Å². The Morgan fingerprint density at radius 2 is 1.93 bits per heavy atom. The van der Waals surface area contributed by atoms with Crippen LogP contribution in [0.5, 0.6) is 0 Å². The van der Waals surface area contributed by atoms with Gasteiger partial charge < -0.3 is 4.98 Å². The van der Waals surface area contributed by atoms with Crippen molar-refractivity contribution in [3.05, 3.63) is 71.6 Å². The lowest BCUT2D eigenvalue weighted by Gasteiger charge is -2.03. The van der Waals surface area contributed by atoms with E-state index in [9.17, 15) is 4.39 Å². The number of fused-ring (bicyclic) bond motifs is 2. The number of hydrogen-bond acceptors (Lipinski definition) is 5. The van der Waals surface area contributed by atoms with Crippen LogP contribution in [-0.4, -0.2) is 30.1 Å². The zero-order chi connectivity index (χ0) is 20.1. The van der Waals surface area contributed by atoms with Crippen molar-refractivity contribution in [2.45, 2.75) is 0 Å². The Labute approximate surface area is 173 Å². The van der Waals surface area contributed by atoms with Crippen LogP contribution in [0.4, 0.5) is 4.39 Å². The summed E-state index contributed by atoms with van der Waals surface area (Å²) in [6.07, 6.45) is 5.07. The average Bonchev–Trinajstić information content (AvgIpc) is 3.52. The highest BCUT2D eigenvalue weighted by Crippen LogP contribution is 2.33. The van der Waals surface area contributed by atoms with Crippen molar-refractivity contribution in [2.75, 3.05) is 0 Å². The third-order valence-corrected chi connectivity index (χ3v) is 5.73. The number of thiophene rings is 1. The van der Waals surface area contributed by atoms with Gasteiger partial charge in [0.1, 0.15) is 17.0 Å². The number of hydrogen-bond donors (Lipinski definition) is 2. The highest BCUT2D eigenvalue weighted by atomic mass is 32.1. The number of H-pyrrole nitrogens is 2. The molecule has 0 aliphatic rings. The molecule has 5 aromatic heterocycles. The lowest BCUT2D eigenvalue weighted by atomic mass is 10.0. The standard InChI is InChI=1S/C22H13FN6S/c23-16-9-18-15(8-14(16)12-2-1-5-24-10-12)20(29-28-18)22-26-17-3-6-25-19(21(17)27-22)13-4-7-30-11-13/h1-11H,(H,26,27)(H,28,29). The molecule has 0 unspecified atom stereocenters. The molecule has 30 heavy (non-hydrogen) atoms. The van der Waals surface area contributed by atoms with Crippen LogP contribution < -0.4 is 0 Å². The Morgan fingerprint density at radius 3 is 2.77 bits per heavy atom. The van der Waals surface area contributed by atoms with Gasteiger partial charge in [0.05, 0.1) is 16.7 Å². The third-order valence-electron chi connectivity index (χ3n) is 5.04. The molecule has 0 bridgehead atoms. The van der Waals surface area contributed by atoms with Crippen LogP contribution in [-0.2, 0) is 0 Å². The van der Waals surface area contributed by atoms with Crippen molar-refractivity contribution in [3.63, 3.8) is 0 Å². The zero-order valence-electron chi connectivity index (χ0n) is 15.4. The number of benzene rings is 1. The van der Waals surface area contributed by atoms with Gasteiger partial charge in [-0.3, -0.25) is 15.1 Å². The Hall–Kier alpha value is -3.91. The van der Waals surface area contributed by atoms with Gasteiger partial charge in [-0.05, 0) is 29.6 Å². The number of rotatable bonds is 3. The monoisotopic (exact) mass is 412 g/mol. The minimum atomic E-state index is -0.334. The first-order valence-electron chi connectivity index (χ1n) is 9.23. The molecule has 0 radical (unpaired) electrons. The number of aromatic nitrogens is 6. The first-order valence-corrected chi connectivity index (χ1v) is 10.2. The molecular formula is C22H13FN6S. The summed E-state index contributed by atoms with van der Waals surface area (Å²) in [7, 11) is 0. The topological polar surface area (TPSA) is 83.1 Å². The molecule has 0 atom stereocenters. The summed E-state index contributed by atoms with van der Waals surface area (Å²) in [4.78, 5) is 16.7. The molecule has 0 amide bonds. The lowest BCUT2D eigenvalue weighted by Crippen LogP contribution is -1.87. The molecule has 2 N–H and O–H groups in total. The van der Waals surface area contributed by atoms with E-state index in [0.717, 1.165) is 27.7 Å². The summed E-state index contributed by atoms with van der Waals surface area (Å²) >= 11 is 1.61. The predicted molar refractivity (Wildman–Crippen MR) is 115 cm³/mol. The molecule has 8 heteroatoms. The number of imidazole rings is 1. The molecule has 0 saturated carbocycles. The fraction of sp³-hybridized carbons (Fsp3) is 0.